The van der Waals surface area contributed by atoms with Gasteiger partial charge in [0.05, 0.1) is 10.7 Å². The Morgan fingerprint density at radius 3 is 2.62 bits per heavy atom. The number of amides is 1. The zero-order chi connectivity index (χ0) is 17.3. The molecule has 7 nitrogen and oxygen atoms in total. The smallest absolute Gasteiger partial charge is 0.273 e. The maximum atomic E-state index is 12.7. The molecular weight excluding hydrogens is 416 g/mol. The topological polar surface area (TPSA) is 75.5 Å². The zero-order valence-corrected chi connectivity index (χ0v) is 16.3. The number of thiophene rings is 1. The van der Waals surface area contributed by atoms with Crippen molar-refractivity contribution in [2.45, 2.75) is 17.7 Å². The van der Waals surface area contributed by atoms with E-state index in [9.17, 15) is 13.2 Å². The van der Waals surface area contributed by atoms with Gasteiger partial charge in [-0.2, -0.15) is 9.40 Å². The summed E-state index contributed by atoms with van der Waals surface area (Å²) in [6.07, 6.45) is 1.61. The van der Waals surface area contributed by atoms with E-state index in [1.807, 2.05) is 6.92 Å². The van der Waals surface area contributed by atoms with E-state index in [4.69, 9.17) is 0 Å². The Morgan fingerprint density at radius 2 is 2.04 bits per heavy atom. The van der Waals surface area contributed by atoms with E-state index < -0.39 is 10.0 Å². The predicted octanol–water partition coefficient (Wildman–Crippen LogP) is 1.87. The van der Waals surface area contributed by atoms with Gasteiger partial charge in [0.2, 0.25) is 0 Å². The minimum absolute atomic E-state index is 0.130. The highest BCUT2D eigenvalue weighted by molar-refractivity contribution is 9.10. The third-order valence-electron chi connectivity index (χ3n) is 3.91. The second-order valence-corrected chi connectivity index (χ2v) is 9.25. The Bertz CT molecular complexity index is 824. The summed E-state index contributed by atoms with van der Waals surface area (Å²) < 4.78 is 29.1. The molecule has 0 saturated carbocycles. The number of aryl methyl sites for hydroxylation is 1. The number of hydrogen-bond donors (Lipinski definition) is 0. The van der Waals surface area contributed by atoms with Crippen LogP contribution in [0.3, 0.4) is 0 Å². The molecule has 0 spiro atoms. The van der Waals surface area contributed by atoms with Crippen LogP contribution in [0.25, 0.3) is 0 Å². The van der Waals surface area contributed by atoms with Gasteiger partial charge in [-0.1, -0.05) is 6.07 Å². The molecule has 3 rings (SSSR count). The first kappa shape index (κ1) is 17.6. The number of halogens is 1. The Hall–Kier alpha value is -1.23. The second-order valence-electron chi connectivity index (χ2n) is 5.29. The van der Waals surface area contributed by atoms with Gasteiger partial charge in [-0.05, 0) is 34.3 Å². The average molecular weight is 433 g/mol. The van der Waals surface area contributed by atoms with Crippen LogP contribution in [-0.2, 0) is 16.6 Å². The summed E-state index contributed by atoms with van der Waals surface area (Å²) in [5, 5.41) is 5.90. The number of nitrogens with zero attached hydrogens (tertiary/aromatic N) is 4. The van der Waals surface area contributed by atoms with E-state index in [2.05, 4.69) is 21.0 Å². The van der Waals surface area contributed by atoms with E-state index in [0.717, 1.165) is 0 Å². The number of carbonyl (C=O) groups is 1. The van der Waals surface area contributed by atoms with Crippen molar-refractivity contribution in [3.05, 3.63) is 33.9 Å². The van der Waals surface area contributed by atoms with Gasteiger partial charge in [-0.3, -0.25) is 9.48 Å². The minimum Gasteiger partial charge on any atom is -0.335 e. The molecule has 0 aromatic carbocycles. The van der Waals surface area contributed by atoms with Crippen molar-refractivity contribution in [3.8, 4) is 0 Å². The normalized spacial score (nSPS) is 16.5. The molecular formula is C14H17BrN4O3S2. The lowest BCUT2D eigenvalue weighted by atomic mass is 10.3. The van der Waals surface area contributed by atoms with Crippen molar-refractivity contribution in [3.63, 3.8) is 0 Å². The average Bonchev–Trinajstić information content (AvgIpc) is 3.24. The number of rotatable bonds is 4. The van der Waals surface area contributed by atoms with E-state index in [0.29, 0.717) is 47.1 Å². The molecule has 3 heterocycles. The van der Waals surface area contributed by atoms with Gasteiger partial charge in [0.25, 0.3) is 15.9 Å². The second kappa shape index (κ2) is 6.95. The molecule has 0 unspecified atom stereocenters. The minimum atomic E-state index is -3.46. The fourth-order valence-electron chi connectivity index (χ4n) is 2.63. The SMILES string of the molecule is CCn1ncc(Br)c1C(=O)N1CCN(S(=O)(=O)c2cccs2)CC1. The molecule has 0 bridgehead atoms. The summed E-state index contributed by atoms with van der Waals surface area (Å²) in [7, 11) is -3.46. The summed E-state index contributed by atoms with van der Waals surface area (Å²) in [5.41, 5.74) is 0.507. The van der Waals surface area contributed by atoms with Crippen LogP contribution in [0.2, 0.25) is 0 Å². The molecule has 24 heavy (non-hydrogen) atoms. The fraction of sp³-hybridized carbons (Fsp3) is 0.429. The van der Waals surface area contributed by atoms with Gasteiger partial charge in [0.1, 0.15) is 9.90 Å². The number of sulfonamides is 1. The summed E-state index contributed by atoms with van der Waals surface area (Å²) in [6, 6.07) is 3.33. The van der Waals surface area contributed by atoms with Gasteiger partial charge >= 0.3 is 0 Å². The third kappa shape index (κ3) is 3.15. The van der Waals surface area contributed by atoms with Crippen molar-refractivity contribution < 1.29 is 13.2 Å². The van der Waals surface area contributed by atoms with Crippen LogP contribution in [0.5, 0.6) is 0 Å². The van der Waals surface area contributed by atoms with Gasteiger partial charge in [-0.15, -0.1) is 11.3 Å². The zero-order valence-electron chi connectivity index (χ0n) is 13.1. The van der Waals surface area contributed by atoms with E-state index in [1.165, 1.54) is 15.6 Å². The van der Waals surface area contributed by atoms with Crippen molar-refractivity contribution in [2.75, 3.05) is 26.2 Å². The molecule has 2 aromatic heterocycles. The van der Waals surface area contributed by atoms with Crippen LogP contribution >= 0.6 is 27.3 Å². The van der Waals surface area contributed by atoms with E-state index >= 15 is 0 Å². The molecule has 0 radical (unpaired) electrons. The van der Waals surface area contributed by atoms with Gasteiger partial charge in [-0.25, -0.2) is 8.42 Å². The molecule has 0 aliphatic carbocycles. The number of carbonyl (C=O) groups excluding carboxylic acids is 1. The van der Waals surface area contributed by atoms with Crippen molar-refractivity contribution in [1.29, 1.82) is 0 Å². The van der Waals surface area contributed by atoms with Gasteiger partial charge in [0, 0.05) is 32.7 Å². The third-order valence-corrected chi connectivity index (χ3v) is 7.76. The van der Waals surface area contributed by atoms with Crippen LogP contribution in [-0.4, -0.2) is 59.5 Å². The summed E-state index contributed by atoms with van der Waals surface area (Å²) in [5.74, 6) is -0.130. The largest absolute Gasteiger partial charge is 0.335 e. The monoisotopic (exact) mass is 432 g/mol. The first-order chi connectivity index (χ1) is 11.4. The Kier molecular flexibility index (Phi) is 5.09. The van der Waals surface area contributed by atoms with Gasteiger partial charge < -0.3 is 4.90 Å². The Balaban J connectivity index is 1.71. The molecule has 1 amide bonds. The van der Waals surface area contributed by atoms with E-state index in [1.54, 1.807) is 33.3 Å². The van der Waals surface area contributed by atoms with E-state index in [-0.39, 0.29) is 5.91 Å². The molecule has 130 valence electrons. The molecule has 0 atom stereocenters. The predicted molar refractivity (Wildman–Crippen MR) is 94.6 cm³/mol. The lowest BCUT2D eigenvalue weighted by Gasteiger charge is -2.33. The van der Waals surface area contributed by atoms with Crippen LogP contribution < -0.4 is 0 Å². The Morgan fingerprint density at radius 1 is 1.33 bits per heavy atom. The Labute approximate surface area is 153 Å². The molecule has 1 aliphatic rings. The first-order valence-electron chi connectivity index (χ1n) is 7.49. The standard InChI is InChI=1S/C14H17BrN4O3S2/c1-2-19-13(11(15)10-16-19)14(20)17-5-7-18(8-6-17)24(21,22)12-4-3-9-23-12/h3-4,9-10H,2,5-8H2,1H3. The highest BCUT2D eigenvalue weighted by Gasteiger charge is 2.32. The molecule has 1 aliphatic heterocycles. The highest BCUT2D eigenvalue weighted by atomic mass is 79.9. The number of hydrogen-bond acceptors (Lipinski definition) is 5. The number of piperazine rings is 1. The summed E-state index contributed by atoms with van der Waals surface area (Å²) in [6.45, 7) is 3.84. The summed E-state index contributed by atoms with van der Waals surface area (Å²) in [4.78, 5) is 14.4. The quantitative estimate of drug-likeness (QED) is 0.738. The number of aromatic nitrogens is 2. The van der Waals surface area contributed by atoms with Crippen LogP contribution in [0.4, 0.5) is 0 Å². The lowest BCUT2D eigenvalue weighted by Crippen LogP contribution is -2.50. The fourth-order valence-corrected chi connectivity index (χ4v) is 5.67. The molecule has 1 fully saturated rings. The lowest BCUT2D eigenvalue weighted by molar-refractivity contribution is 0.0684. The molecule has 10 heteroatoms. The van der Waals surface area contributed by atoms with Crippen LogP contribution in [0, 0.1) is 0 Å². The van der Waals surface area contributed by atoms with Crippen LogP contribution in [0.1, 0.15) is 17.4 Å². The molecule has 1 saturated heterocycles. The summed E-state index contributed by atoms with van der Waals surface area (Å²) >= 11 is 4.57. The van der Waals surface area contributed by atoms with Crippen molar-refractivity contribution in [2.24, 2.45) is 0 Å². The van der Waals surface area contributed by atoms with Gasteiger partial charge in [0.15, 0.2) is 0 Å². The maximum Gasteiger partial charge on any atom is 0.273 e. The highest BCUT2D eigenvalue weighted by Crippen LogP contribution is 2.23. The first-order valence-corrected chi connectivity index (χ1v) is 10.6. The van der Waals surface area contributed by atoms with Crippen molar-refractivity contribution in [1.82, 2.24) is 19.0 Å². The van der Waals surface area contributed by atoms with Crippen molar-refractivity contribution >= 4 is 43.2 Å². The molecule has 2 aromatic rings. The van der Waals surface area contributed by atoms with Crippen LogP contribution in [0.15, 0.2) is 32.4 Å². The molecule has 0 N–H and O–H groups in total. The maximum absolute atomic E-state index is 12.7.